The number of amides is 1. The van der Waals surface area contributed by atoms with Gasteiger partial charge in [0.15, 0.2) is 5.69 Å². The molecule has 5 rings (SSSR count). The van der Waals surface area contributed by atoms with E-state index in [0.29, 0.717) is 0 Å². The van der Waals surface area contributed by atoms with Gasteiger partial charge in [-0.1, -0.05) is 36.4 Å². The Morgan fingerprint density at radius 3 is 2.51 bits per heavy atom. The number of aliphatic hydroxyl groups is 1. The number of piperidine rings is 1. The number of ether oxygens (including phenoxy) is 2. The highest BCUT2D eigenvalue weighted by Crippen LogP contribution is 2.46. The van der Waals surface area contributed by atoms with Crippen molar-refractivity contribution in [2.75, 3.05) is 25.9 Å². The van der Waals surface area contributed by atoms with Crippen LogP contribution in [-0.4, -0.2) is 63.2 Å². The van der Waals surface area contributed by atoms with Crippen LogP contribution in [0.25, 0.3) is 0 Å². The maximum Gasteiger partial charge on any atom is 0.337 e. The number of halogens is 2. The fourth-order valence-corrected chi connectivity index (χ4v) is 5.93. The lowest BCUT2D eigenvalue weighted by Gasteiger charge is -2.42. The zero-order chi connectivity index (χ0) is 30.8. The van der Waals surface area contributed by atoms with E-state index in [4.69, 9.17) is 15.2 Å². The second-order valence-corrected chi connectivity index (χ2v) is 11.3. The number of nitrogens with zero attached hydrogens (tertiary/aromatic N) is 3. The summed E-state index contributed by atoms with van der Waals surface area (Å²) >= 11 is 0. The van der Waals surface area contributed by atoms with Crippen LogP contribution in [0.3, 0.4) is 0 Å². The molecule has 228 valence electrons. The van der Waals surface area contributed by atoms with Crippen molar-refractivity contribution in [1.29, 1.82) is 0 Å². The molecular formula is C31H34F2N4O6. The molecule has 1 amide bonds. The van der Waals surface area contributed by atoms with Crippen LogP contribution in [0.1, 0.15) is 53.9 Å². The van der Waals surface area contributed by atoms with Crippen molar-refractivity contribution in [3.05, 3.63) is 82.4 Å². The second-order valence-electron chi connectivity index (χ2n) is 11.3. The molecule has 3 N–H and O–H groups in total. The van der Waals surface area contributed by atoms with Gasteiger partial charge >= 0.3 is 5.97 Å². The molecule has 2 heterocycles. The van der Waals surface area contributed by atoms with Gasteiger partial charge < -0.3 is 25.2 Å². The smallest absolute Gasteiger partial charge is 0.337 e. The fourth-order valence-electron chi connectivity index (χ4n) is 5.93. The summed E-state index contributed by atoms with van der Waals surface area (Å²) < 4.78 is 40.2. The normalized spacial score (nSPS) is 21.2. The first-order valence-corrected chi connectivity index (χ1v) is 14.1. The standard InChI is InChI=1S/C31H34F2N4O6/c1-42-29(40)21-8-5-9-22(16-21)43-26-25(34)28(39)37(19-35-26)18-30(41)12-14-36(15-13-30)27(38)23-10-11-31(32,33)17-24(23)20-6-3-2-4-7-20/h2-9,16,19,23-24,41H,10-15,17-18,34H2,1H3/t23-,24+/m1/s1. The highest BCUT2D eigenvalue weighted by atomic mass is 19.3. The SMILES string of the molecule is COC(=O)c1cccc(Oc2ncn(CC3(O)CCN(C(=O)[C@@H]4CCC(F)(F)C[C@H]4c4ccccc4)CC3)c(=O)c2N)c1. The van der Waals surface area contributed by atoms with Gasteiger partial charge in [0, 0.05) is 37.8 Å². The van der Waals surface area contributed by atoms with Gasteiger partial charge in [-0.15, -0.1) is 0 Å². The molecule has 0 radical (unpaired) electrons. The Kier molecular flexibility index (Phi) is 8.50. The topological polar surface area (TPSA) is 137 Å². The molecule has 1 aliphatic carbocycles. The van der Waals surface area contributed by atoms with E-state index in [1.807, 2.05) is 6.07 Å². The molecule has 10 nitrogen and oxygen atoms in total. The van der Waals surface area contributed by atoms with Gasteiger partial charge in [-0.25, -0.2) is 18.6 Å². The molecule has 3 aromatic rings. The van der Waals surface area contributed by atoms with Crippen LogP contribution in [0.2, 0.25) is 0 Å². The molecular weight excluding hydrogens is 562 g/mol. The molecule has 2 aromatic carbocycles. The zero-order valence-corrected chi connectivity index (χ0v) is 23.7. The number of methoxy groups -OCH3 is 1. The van der Waals surface area contributed by atoms with E-state index < -0.39 is 34.9 Å². The van der Waals surface area contributed by atoms with Crippen molar-refractivity contribution in [3.63, 3.8) is 0 Å². The van der Waals surface area contributed by atoms with E-state index >= 15 is 0 Å². The summed E-state index contributed by atoms with van der Waals surface area (Å²) in [7, 11) is 1.26. The first-order valence-electron chi connectivity index (χ1n) is 14.1. The van der Waals surface area contributed by atoms with Crippen molar-refractivity contribution in [2.24, 2.45) is 5.92 Å². The highest BCUT2D eigenvalue weighted by molar-refractivity contribution is 5.89. The molecule has 12 heteroatoms. The van der Waals surface area contributed by atoms with Crippen molar-refractivity contribution in [3.8, 4) is 11.6 Å². The summed E-state index contributed by atoms with van der Waals surface area (Å²) in [6, 6.07) is 15.1. The number of nitrogen functional groups attached to an aromatic ring is 1. The Balaban J connectivity index is 1.24. The lowest BCUT2D eigenvalue weighted by Crippen LogP contribution is -2.52. The minimum atomic E-state index is -2.82. The number of hydrogen-bond acceptors (Lipinski definition) is 8. The molecule has 0 unspecified atom stereocenters. The maximum atomic E-state index is 14.4. The molecule has 1 aliphatic heterocycles. The average Bonchev–Trinajstić information content (AvgIpc) is 3.00. The number of aromatic nitrogens is 2. The number of alkyl halides is 2. The molecule has 2 fully saturated rings. The largest absolute Gasteiger partial charge is 0.465 e. The van der Waals surface area contributed by atoms with E-state index in [0.717, 1.165) is 5.56 Å². The molecule has 2 aliphatic rings. The van der Waals surface area contributed by atoms with Gasteiger partial charge in [0.2, 0.25) is 17.7 Å². The van der Waals surface area contributed by atoms with E-state index in [1.165, 1.54) is 24.1 Å². The molecule has 0 spiro atoms. The van der Waals surface area contributed by atoms with Crippen LogP contribution < -0.4 is 16.0 Å². The maximum absolute atomic E-state index is 14.4. The quantitative estimate of drug-likeness (QED) is 0.391. The monoisotopic (exact) mass is 596 g/mol. The first-order chi connectivity index (χ1) is 20.5. The van der Waals surface area contributed by atoms with Crippen LogP contribution in [0, 0.1) is 5.92 Å². The van der Waals surface area contributed by atoms with E-state index in [2.05, 4.69) is 4.98 Å². The molecule has 1 saturated carbocycles. The van der Waals surface area contributed by atoms with Crippen molar-refractivity contribution < 1.29 is 33.0 Å². The number of likely N-dealkylation sites (tertiary alicyclic amines) is 1. The lowest BCUT2D eigenvalue weighted by molar-refractivity contribution is -0.145. The van der Waals surface area contributed by atoms with E-state index in [1.54, 1.807) is 47.4 Å². The Bertz CT molecular complexity index is 1540. The minimum absolute atomic E-state index is 0.0912. The summed E-state index contributed by atoms with van der Waals surface area (Å²) in [5.74, 6) is -4.65. The van der Waals surface area contributed by atoms with Gasteiger partial charge in [-0.3, -0.25) is 14.2 Å². The number of esters is 1. The van der Waals surface area contributed by atoms with Gasteiger partial charge in [-0.2, -0.15) is 0 Å². The van der Waals surface area contributed by atoms with Gasteiger partial charge in [0.05, 0.1) is 24.8 Å². The van der Waals surface area contributed by atoms with Crippen molar-refractivity contribution >= 4 is 17.6 Å². The Morgan fingerprint density at radius 1 is 1.09 bits per heavy atom. The fraction of sp³-hybridized carbons (Fsp3) is 0.419. The van der Waals surface area contributed by atoms with E-state index in [-0.39, 0.29) is 80.5 Å². The number of rotatable bonds is 7. The van der Waals surface area contributed by atoms with Crippen molar-refractivity contribution in [2.45, 2.75) is 56.1 Å². The average molecular weight is 597 g/mol. The molecule has 0 bridgehead atoms. The predicted octanol–water partition coefficient (Wildman–Crippen LogP) is 3.98. The summed E-state index contributed by atoms with van der Waals surface area (Å²) in [5.41, 5.74) is 4.79. The number of benzene rings is 2. The third-order valence-corrected chi connectivity index (χ3v) is 8.35. The zero-order valence-electron chi connectivity index (χ0n) is 23.7. The third kappa shape index (κ3) is 6.69. The number of carbonyl (C=O) groups is 2. The van der Waals surface area contributed by atoms with E-state index in [9.17, 15) is 28.3 Å². The number of hydrogen-bond donors (Lipinski definition) is 2. The second kappa shape index (κ2) is 12.1. The van der Waals surface area contributed by atoms with Gasteiger partial charge in [-0.05, 0) is 43.0 Å². The first kappa shape index (κ1) is 30.1. The summed E-state index contributed by atoms with van der Waals surface area (Å²) in [4.78, 5) is 44.2. The van der Waals surface area contributed by atoms with Crippen LogP contribution in [0.15, 0.2) is 65.7 Å². The lowest BCUT2D eigenvalue weighted by atomic mass is 9.73. The van der Waals surface area contributed by atoms with Crippen LogP contribution in [0.4, 0.5) is 14.5 Å². The molecule has 2 atom stereocenters. The summed E-state index contributed by atoms with van der Waals surface area (Å²) in [5, 5.41) is 11.3. The van der Waals surface area contributed by atoms with Crippen LogP contribution in [-0.2, 0) is 16.1 Å². The molecule has 1 saturated heterocycles. The van der Waals surface area contributed by atoms with Crippen LogP contribution >= 0.6 is 0 Å². The number of carbonyl (C=O) groups excluding carboxylic acids is 2. The van der Waals surface area contributed by atoms with Crippen molar-refractivity contribution in [1.82, 2.24) is 14.5 Å². The Labute approximate surface area is 247 Å². The third-order valence-electron chi connectivity index (χ3n) is 8.35. The predicted molar refractivity (Wildman–Crippen MR) is 153 cm³/mol. The summed E-state index contributed by atoms with van der Waals surface area (Å²) in [6.45, 7) is 0.337. The highest BCUT2D eigenvalue weighted by Gasteiger charge is 2.46. The van der Waals surface area contributed by atoms with Crippen LogP contribution in [0.5, 0.6) is 11.6 Å². The Hall–Kier alpha value is -4.32. The Morgan fingerprint density at radius 2 is 1.81 bits per heavy atom. The number of anilines is 1. The molecule has 43 heavy (non-hydrogen) atoms. The molecule has 1 aromatic heterocycles. The minimum Gasteiger partial charge on any atom is -0.465 e. The number of nitrogens with two attached hydrogens (primary N) is 1. The summed E-state index contributed by atoms with van der Waals surface area (Å²) in [6.07, 6.45) is 0.969. The van der Waals surface area contributed by atoms with Gasteiger partial charge in [0.1, 0.15) is 12.1 Å². The van der Waals surface area contributed by atoms with Gasteiger partial charge in [0.25, 0.3) is 5.56 Å².